The van der Waals surface area contributed by atoms with Gasteiger partial charge in [-0.1, -0.05) is 140 Å². The first-order valence-corrected chi connectivity index (χ1v) is 17.9. The molecule has 0 aliphatic carbocycles. The van der Waals surface area contributed by atoms with Gasteiger partial charge in [0.1, 0.15) is 11.2 Å². The number of aromatic nitrogens is 3. The topological polar surface area (TPSA) is 51.8 Å². The molecule has 11 rings (SSSR count). The van der Waals surface area contributed by atoms with E-state index in [1.165, 1.54) is 0 Å². The summed E-state index contributed by atoms with van der Waals surface area (Å²) in [4.78, 5) is 15.5. The molecule has 4 aromatic heterocycles. The van der Waals surface area contributed by atoms with Gasteiger partial charge in [-0.2, -0.15) is 0 Å². The second kappa shape index (κ2) is 11.7. The van der Waals surface area contributed by atoms with Gasteiger partial charge in [0.05, 0.1) is 33.6 Å². The minimum atomic E-state index is 0.893. The summed E-state index contributed by atoms with van der Waals surface area (Å²) in [6.07, 6.45) is 0. The molecule has 0 saturated heterocycles. The smallest absolute Gasteiger partial charge is 0.144 e. The first kappa shape index (κ1) is 29.5. The number of nitrogens with zero attached hydrogens (tertiary/aromatic N) is 3. The molecule has 0 spiro atoms. The summed E-state index contributed by atoms with van der Waals surface area (Å²) < 4.78 is 6.54. The second-order valence-corrected chi connectivity index (χ2v) is 13.6. The Hall–Kier alpha value is -7.17. The van der Waals surface area contributed by atoms with Crippen molar-refractivity contribution in [2.24, 2.45) is 0 Å². The summed E-state index contributed by atoms with van der Waals surface area (Å²) in [5.74, 6) is 0. The standard InChI is InChI=1S/C49H29N3O/c1-2-9-31(10-3-1)41-27-23-33-21-22-34-24-28-42(51-48(34)47(33)50-41)32-19-17-30(18-20-32)35-11-8-12-36(29-35)46-40-26-25-38-37-13-5-7-16-44(37)53-49(38)45(40)39-14-4-6-15-43(39)52-46/h1-29H. The fourth-order valence-corrected chi connectivity index (χ4v) is 7.81. The van der Waals surface area contributed by atoms with E-state index >= 15 is 0 Å². The van der Waals surface area contributed by atoms with E-state index in [1.54, 1.807) is 0 Å². The molecule has 4 heteroatoms. The first-order chi connectivity index (χ1) is 26.2. The van der Waals surface area contributed by atoms with Crippen molar-refractivity contribution in [3.05, 3.63) is 176 Å². The summed E-state index contributed by atoms with van der Waals surface area (Å²) in [6.45, 7) is 0. The maximum absolute atomic E-state index is 6.54. The van der Waals surface area contributed by atoms with Crippen molar-refractivity contribution in [3.8, 4) is 44.9 Å². The van der Waals surface area contributed by atoms with Crippen molar-refractivity contribution in [1.29, 1.82) is 0 Å². The Balaban J connectivity index is 0.991. The van der Waals surface area contributed by atoms with E-state index in [4.69, 9.17) is 19.4 Å². The van der Waals surface area contributed by atoms with Gasteiger partial charge in [-0.15, -0.1) is 0 Å². The molecular formula is C49H29N3O. The molecule has 4 heterocycles. The number of benzene rings is 7. The molecule has 53 heavy (non-hydrogen) atoms. The molecule has 0 aliphatic rings. The molecule has 0 amide bonds. The first-order valence-electron chi connectivity index (χ1n) is 17.9. The van der Waals surface area contributed by atoms with E-state index in [-0.39, 0.29) is 0 Å². The lowest BCUT2D eigenvalue weighted by atomic mass is 9.95. The maximum Gasteiger partial charge on any atom is 0.144 e. The van der Waals surface area contributed by atoms with Gasteiger partial charge in [0.2, 0.25) is 0 Å². The number of furan rings is 1. The minimum absolute atomic E-state index is 0.893. The largest absolute Gasteiger partial charge is 0.455 e. The summed E-state index contributed by atoms with van der Waals surface area (Å²) in [6, 6.07) is 61.3. The average Bonchev–Trinajstić information content (AvgIpc) is 3.62. The monoisotopic (exact) mass is 675 g/mol. The number of hydrogen-bond donors (Lipinski definition) is 0. The Kier molecular flexibility index (Phi) is 6.52. The summed E-state index contributed by atoms with van der Waals surface area (Å²) in [7, 11) is 0. The molecule has 0 unspecified atom stereocenters. The van der Waals surface area contributed by atoms with Crippen molar-refractivity contribution in [2.45, 2.75) is 0 Å². The minimum Gasteiger partial charge on any atom is -0.455 e. The van der Waals surface area contributed by atoms with E-state index in [2.05, 4.69) is 140 Å². The highest BCUT2D eigenvalue weighted by molar-refractivity contribution is 6.24. The molecule has 7 aromatic carbocycles. The van der Waals surface area contributed by atoms with Gasteiger partial charge < -0.3 is 4.42 Å². The van der Waals surface area contributed by atoms with E-state index in [1.807, 2.05) is 36.4 Å². The van der Waals surface area contributed by atoms with E-state index in [0.717, 1.165) is 110 Å². The zero-order valence-corrected chi connectivity index (χ0v) is 28.5. The highest BCUT2D eigenvalue weighted by Gasteiger charge is 2.17. The Labute approximate surface area is 304 Å². The Morgan fingerprint density at radius 3 is 1.72 bits per heavy atom. The van der Waals surface area contributed by atoms with Crippen LogP contribution in [0.4, 0.5) is 0 Å². The fraction of sp³-hybridized carbons (Fsp3) is 0. The van der Waals surface area contributed by atoms with Gasteiger partial charge in [-0.05, 0) is 47.5 Å². The SMILES string of the molecule is c1ccc(-c2ccc3ccc4ccc(-c5ccc(-c6cccc(-c7nc8ccccc8c8c7ccc7c9ccccc9oc78)c6)cc5)nc4c3n2)cc1. The number of pyridine rings is 3. The van der Waals surface area contributed by atoms with Gasteiger partial charge >= 0.3 is 0 Å². The van der Waals surface area contributed by atoms with Crippen molar-refractivity contribution in [1.82, 2.24) is 15.0 Å². The van der Waals surface area contributed by atoms with E-state index in [0.29, 0.717) is 0 Å². The van der Waals surface area contributed by atoms with Crippen LogP contribution in [-0.2, 0) is 0 Å². The summed E-state index contributed by atoms with van der Waals surface area (Å²) >= 11 is 0. The number of fused-ring (bicyclic) bond motifs is 10. The van der Waals surface area contributed by atoms with Crippen molar-refractivity contribution in [3.63, 3.8) is 0 Å². The van der Waals surface area contributed by atoms with Crippen molar-refractivity contribution in [2.75, 3.05) is 0 Å². The van der Waals surface area contributed by atoms with Crippen LogP contribution in [0.5, 0.6) is 0 Å². The summed E-state index contributed by atoms with van der Waals surface area (Å²) in [5.41, 5.74) is 12.8. The lowest BCUT2D eigenvalue weighted by Crippen LogP contribution is -1.91. The van der Waals surface area contributed by atoms with Crippen LogP contribution in [0.3, 0.4) is 0 Å². The number of hydrogen-bond acceptors (Lipinski definition) is 4. The predicted octanol–water partition coefficient (Wildman–Crippen LogP) is 13.1. The molecule has 0 fully saturated rings. The molecular weight excluding hydrogens is 647 g/mol. The van der Waals surface area contributed by atoms with Gasteiger partial charge in [0, 0.05) is 54.4 Å². The van der Waals surface area contributed by atoms with Gasteiger partial charge in [0.25, 0.3) is 0 Å². The normalized spacial score (nSPS) is 11.8. The third kappa shape index (κ3) is 4.80. The third-order valence-electron chi connectivity index (χ3n) is 10.4. The van der Waals surface area contributed by atoms with Crippen LogP contribution in [-0.4, -0.2) is 15.0 Å². The van der Waals surface area contributed by atoms with Gasteiger partial charge in [-0.25, -0.2) is 15.0 Å². The van der Waals surface area contributed by atoms with Crippen LogP contribution in [0.1, 0.15) is 0 Å². The number of rotatable bonds is 4. The average molecular weight is 676 g/mol. The van der Waals surface area contributed by atoms with Gasteiger partial charge in [-0.3, -0.25) is 0 Å². The lowest BCUT2D eigenvalue weighted by Gasteiger charge is -2.12. The van der Waals surface area contributed by atoms with Crippen LogP contribution in [0, 0.1) is 0 Å². The number of para-hydroxylation sites is 2. The molecule has 246 valence electrons. The maximum atomic E-state index is 6.54. The van der Waals surface area contributed by atoms with Crippen LogP contribution >= 0.6 is 0 Å². The van der Waals surface area contributed by atoms with Crippen LogP contribution in [0.15, 0.2) is 180 Å². The van der Waals surface area contributed by atoms with E-state index in [9.17, 15) is 0 Å². The lowest BCUT2D eigenvalue weighted by molar-refractivity contribution is 0.673. The predicted molar refractivity (Wildman–Crippen MR) is 219 cm³/mol. The van der Waals surface area contributed by atoms with Crippen molar-refractivity contribution >= 4 is 65.4 Å². The highest BCUT2D eigenvalue weighted by atomic mass is 16.3. The molecule has 0 atom stereocenters. The van der Waals surface area contributed by atoms with Crippen LogP contribution in [0.2, 0.25) is 0 Å². The second-order valence-electron chi connectivity index (χ2n) is 13.6. The van der Waals surface area contributed by atoms with Crippen LogP contribution < -0.4 is 0 Å². The molecule has 0 saturated carbocycles. The quantitative estimate of drug-likeness (QED) is 0.174. The molecule has 0 bridgehead atoms. The zero-order valence-electron chi connectivity index (χ0n) is 28.5. The third-order valence-corrected chi connectivity index (χ3v) is 10.4. The molecule has 0 aliphatic heterocycles. The van der Waals surface area contributed by atoms with Crippen LogP contribution in [0.25, 0.3) is 110 Å². The Morgan fingerprint density at radius 2 is 0.943 bits per heavy atom. The Bertz CT molecular complexity index is 3220. The fourth-order valence-electron chi connectivity index (χ4n) is 7.81. The molecule has 11 aromatic rings. The molecule has 0 N–H and O–H groups in total. The zero-order chi connectivity index (χ0) is 34.9. The summed E-state index contributed by atoms with van der Waals surface area (Å²) in [5, 5.41) is 7.64. The van der Waals surface area contributed by atoms with Gasteiger partial charge in [0.15, 0.2) is 0 Å². The van der Waals surface area contributed by atoms with E-state index < -0.39 is 0 Å². The highest BCUT2D eigenvalue weighted by Crippen LogP contribution is 2.41. The van der Waals surface area contributed by atoms with Crippen molar-refractivity contribution < 1.29 is 4.42 Å². The molecule has 4 nitrogen and oxygen atoms in total. The molecule has 0 radical (unpaired) electrons. The Morgan fingerprint density at radius 1 is 0.358 bits per heavy atom.